The fourth-order valence-electron chi connectivity index (χ4n) is 3.73. The maximum Gasteiger partial charge on any atom is 0.303 e. The van der Waals surface area contributed by atoms with Gasteiger partial charge in [0.1, 0.15) is 0 Å². The Labute approximate surface area is 104 Å². The molecule has 0 spiro atoms. The number of carbonyl (C=O) groups is 1. The molecular weight excluding hydrogens is 214 g/mol. The molecule has 0 aromatic heterocycles. The summed E-state index contributed by atoms with van der Waals surface area (Å²) >= 11 is 0. The Morgan fingerprint density at radius 1 is 1.41 bits per heavy atom. The number of aliphatic carboxylic acids is 1. The number of likely N-dealkylation sites (tertiary alicyclic amines) is 1. The smallest absolute Gasteiger partial charge is 0.303 e. The summed E-state index contributed by atoms with van der Waals surface area (Å²) in [5.41, 5.74) is 0.501. The lowest BCUT2D eigenvalue weighted by molar-refractivity contribution is -0.140. The first kappa shape index (κ1) is 12.9. The molecule has 98 valence electrons. The molecule has 2 fully saturated rings. The summed E-state index contributed by atoms with van der Waals surface area (Å²) in [7, 11) is 0. The Kier molecular flexibility index (Phi) is 3.48. The van der Waals surface area contributed by atoms with E-state index in [2.05, 4.69) is 25.7 Å². The van der Waals surface area contributed by atoms with Gasteiger partial charge in [-0.3, -0.25) is 9.69 Å². The zero-order valence-corrected chi connectivity index (χ0v) is 11.3. The molecule has 0 amide bonds. The van der Waals surface area contributed by atoms with Crippen molar-refractivity contribution in [2.24, 2.45) is 17.3 Å². The van der Waals surface area contributed by atoms with E-state index >= 15 is 0 Å². The number of carboxylic acids is 1. The van der Waals surface area contributed by atoms with Gasteiger partial charge < -0.3 is 5.11 Å². The summed E-state index contributed by atoms with van der Waals surface area (Å²) < 4.78 is 0. The molecule has 1 aliphatic heterocycles. The lowest BCUT2D eigenvalue weighted by atomic mass is 9.69. The summed E-state index contributed by atoms with van der Waals surface area (Å²) in [5.74, 6) is 0.506. The maximum atomic E-state index is 10.6. The van der Waals surface area contributed by atoms with Crippen LogP contribution >= 0.6 is 0 Å². The second-order valence-electron chi connectivity index (χ2n) is 6.87. The van der Waals surface area contributed by atoms with E-state index in [1.807, 2.05) is 0 Å². The molecule has 2 aliphatic rings. The molecular formula is C14H25NO2. The molecule has 1 N–H and O–H groups in total. The van der Waals surface area contributed by atoms with Crippen molar-refractivity contribution in [1.29, 1.82) is 0 Å². The SMILES string of the molecule is CC1CC(C)(C)CCC1N1CC(CC(=O)O)C1. The lowest BCUT2D eigenvalue weighted by Crippen LogP contribution is -2.56. The van der Waals surface area contributed by atoms with E-state index in [0.717, 1.165) is 19.0 Å². The second-order valence-corrected chi connectivity index (χ2v) is 6.87. The summed E-state index contributed by atoms with van der Waals surface area (Å²) in [4.78, 5) is 13.1. The minimum atomic E-state index is -0.646. The highest BCUT2D eigenvalue weighted by Crippen LogP contribution is 2.42. The van der Waals surface area contributed by atoms with Crippen LogP contribution < -0.4 is 0 Å². The molecule has 0 aromatic rings. The molecule has 17 heavy (non-hydrogen) atoms. The van der Waals surface area contributed by atoms with Gasteiger partial charge in [0.2, 0.25) is 0 Å². The van der Waals surface area contributed by atoms with E-state index in [-0.39, 0.29) is 0 Å². The van der Waals surface area contributed by atoms with Crippen molar-refractivity contribution < 1.29 is 9.90 Å². The molecule has 3 heteroatoms. The minimum absolute atomic E-state index is 0.350. The van der Waals surface area contributed by atoms with Crippen molar-refractivity contribution >= 4 is 5.97 Å². The third-order valence-corrected chi connectivity index (χ3v) is 4.57. The van der Waals surface area contributed by atoms with Crippen molar-refractivity contribution in [2.45, 2.75) is 52.5 Å². The molecule has 0 bridgehead atoms. The van der Waals surface area contributed by atoms with E-state index < -0.39 is 5.97 Å². The van der Waals surface area contributed by atoms with Crippen LogP contribution in [0, 0.1) is 17.3 Å². The van der Waals surface area contributed by atoms with Gasteiger partial charge in [0, 0.05) is 19.1 Å². The van der Waals surface area contributed by atoms with Crippen molar-refractivity contribution in [1.82, 2.24) is 4.90 Å². The van der Waals surface area contributed by atoms with E-state index in [0.29, 0.717) is 23.8 Å². The first-order valence-corrected chi connectivity index (χ1v) is 6.83. The maximum absolute atomic E-state index is 10.6. The highest BCUT2D eigenvalue weighted by Gasteiger charge is 2.40. The fourth-order valence-corrected chi connectivity index (χ4v) is 3.73. The predicted molar refractivity (Wildman–Crippen MR) is 67.9 cm³/mol. The van der Waals surface area contributed by atoms with Gasteiger partial charge in [-0.25, -0.2) is 0 Å². The van der Waals surface area contributed by atoms with Crippen LogP contribution in [0.15, 0.2) is 0 Å². The predicted octanol–water partition coefficient (Wildman–Crippen LogP) is 2.61. The van der Waals surface area contributed by atoms with Crippen LogP contribution in [0.4, 0.5) is 0 Å². The van der Waals surface area contributed by atoms with Crippen LogP contribution in [0.1, 0.15) is 46.5 Å². The van der Waals surface area contributed by atoms with E-state index in [1.54, 1.807) is 0 Å². The van der Waals surface area contributed by atoms with Crippen LogP contribution in [0.5, 0.6) is 0 Å². The van der Waals surface area contributed by atoms with Gasteiger partial charge in [-0.2, -0.15) is 0 Å². The number of carboxylic acid groups (broad SMARTS) is 1. The molecule has 2 atom stereocenters. The van der Waals surface area contributed by atoms with Crippen molar-refractivity contribution in [3.8, 4) is 0 Å². The third-order valence-electron chi connectivity index (χ3n) is 4.57. The average molecular weight is 239 g/mol. The van der Waals surface area contributed by atoms with E-state index in [1.165, 1.54) is 19.3 Å². The topological polar surface area (TPSA) is 40.5 Å². The quantitative estimate of drug-likeness (QED) is 0.823. The number of nitrogens with zero attached hydrogens (tertiary/aromatic N) is 1. The molecule has 2 unspecified atom stereocenters. The Morgan fingerprint density at radius 2 is 2.06 bits per heavy atom. The Bertz CT molecular complexity index is 295. The molecule has 1 aliphatic carbocycles. The molecule has 2 rings (SSSR count). The largest absolute Gasteiger partial charge is 0.481 e. The second kappa shape index (κ2) is 4.60. The molecule has 1 heterocycles. The number of hydrogen-bond donors (Lipinski definition) is 1. The highest BCUT2D eigenvalue weighted by molar-refractivity contribution is 5.67. The van der Waals surface area contributed by atoms with Crippen molar-refractivity contribution in [3.05, 3.63) is 0 Å². The van der Waals surface area contributed by atoms with Gasteiger partial charge in [-0.15, -0.1) is 0 Å². The molecule has 3 nitrogen and oxygen atoms in total. The standard InChI is InChI=1S/C14H25NO2/c1-10-7-14(2,3)5-4-12(10)15-8-11(9-15)6-13(16)17/h10-12H,4-9H2,1-3H3,(H,16,17). The Hall–Kier alpha value is -0.570. The summed E-state index contributed by atoms with van der Waals surface area (Å²) in [6.45, 7) is 9.09. The first-order valence-electron chi connectivity index (χ1n) is 6.83. The van der Waals surface area contributed by atoms with Crippen molar-refractivity contribution in [2.75, 3.05) is 13.1 Å². The van der Waals surface area contributed by atoms with Crippen LogP contribution in [0.2, 0.25) is 0 Å². The van der Waals surface area contributed by atoms with E-state index in [4.69, 9.17) is 5.11 Å². The van der Waals surface area contributed by atoms with Gasteiger partial charge >= 0.3 is 5.97 Å². The summed E-state index contributed by atoms with van der Waals surface area (Å²) in [6, 6.07) is 0.702. The normalized spacial score (nSPS) is 34.3. The van der Waals surface area contributed by atoms with Gasteiger partial charge in [0.25, 0.3) is 0 Å². The van der Waals surface area contributed by atoms with Crippen LogP contribution in [0.25, 0.3) is 0 Å². The zero-order chi connectivity index (χ0) is 12.6. The third kappa shape index (κ3) is 3.01. The molecule has 1 saturated carbocycles. The lowest BCUT2D eigenvalue weighted by Gasteiger charge is -2.50. The summed E-state index contributed by atoms with van der Waals surface area (Å²) in [5, 5.41) is 8.75. The Balaban J connectivity index is 1.80. The highest BCUT2D eigenvalue weighted by atomic mass is 16.4. The molecule has 0 aromatic carbocycles. The van der Waals surface area contributed by atoms with Gasteiger partial charge in [-0.1, -0.05) is 20.8 Å². The van der Waals surface area contributed by atoms with Gasteiger partial charge in [-0.05, 0) is 36.5 Å². The van der Waals surface area contributed by atoms with Crippen molar-refractivity contribution in [3.63, 3.8) is 0 Å². The monoisotopic (exact) mass is 239 g/mol. The fraction of sp³-hybridized carbons (Fsp3) is 0.929. The van der Waals surface area contributed by atoms with Crippen LogP contribution in [-0.2, 0) is 4.79 Å². The van der Waals surface area contributed by atoms with E-state index in [9.17, 15) is 4.79 Å². The average Bonchev–Trinajstić information content (AvgIpc) is 2.10. The number of hydrogen-bond acceptors (Lipinski definition) is 2. The molecule has 0 radical (unpaired) electrons. The minimum Gasteiger partial charge on any atom is -0.481 e. The first-order chi connectivity index (χ1) is 7.87. The number of rotatable bonds is 3. The van der Waals surface area contributed by atoms with Gasteiger partial charge in [0.05, 0.1) is 6.42 Å². The zero-order valence-electron chi connectivity index (χ0n) is 11.3. The van der Waals surface area contributed by atoms with Crippen LogP contribution in [-0.4, -0.2) is 35.1 Å². The Morgan fingerprint density at radius 3 is 2.59 bits per heavy atom. The van der Waals surface area contributed by atoms with Crippen LogP contribution in [0.3, 0.4) is 0 Å². The summed E-state index contributed by atoms with van der Waals surface area (Å²) in [6.07, 6.45) is 4.25. The van der Waals surface area contributed by atoms with Gasteiger partial charge in [0.15, 0.2) is 0 Å². The molecule has 1 saturated heterocycles.